The minimum atomic E-state index is -0.304. The molecule has 0 aliphatic heterocycles. The second-order valence-electron chi connectivity index (χ2n) is 2.45. The molecule has 0 fully saturated rings. The van der Waals surface area contributed by atoms with Crippen LogP contribution in [0.3, 0.4) is 0 Å². The molecule has 3 nitrogen and oxygen atoms in total. The Labute approximate surface area is 89.2 Å². The van der Waals surface area contributed by atoms with E-state index in [-0.39, 0.29) is 5.97 Å². The zero-order chi connectivity index (χ0) is 10.0. The molecule has 0 radical (unpaired) electrons. The molecule has 5 heteroatoms. The van der Waals surface area contributed by atoms with Crippen molar-refractivity contribution >= 4 is 38.2 Å². The van der Waals surface area contributed by atoms with Gasteiger partial charge in [0.05, 0.1) is 21.5 Å². The zero-order valence-electron chi connectivity index (χ0n) is 7.60. The monoisotopic (exact) mass is 263 g/mol. The Morgan fingerprint density at radius 2 is 2.23 bits per heavy atom. The molecular weight excluding hydrogens is 254 g/mol. The van der Waals surface area contributed by atoms with Crippen molar-refractivity contribution in [1.29, 1.82) is 0 Å². The Morgan fingerprint density at radius 1 is 1.62 bits per heavy atom. The van der Waals surface area contributed by atoms with Gasteiger partial charge < -0.3 is 10.1 Å². The van der Waals surface area contributed by atoms with Crippen LogP contribution in [0.15, 0.2) is 3.79 Å². The summed E-state index contributed by atoms with van der Waals surface area (Å²) in [4.78, 5) is 11.3. The van der Waals surface area contributed by atoms with Crippen LogP contribution in [-0.2, 0) is 4.74 Å². The lowest BCUT2D eigenvalue weighted by molar-refractivity contribution is 0.0599. The van der Waals surface area contributed by atoms with E-state index in [0.717, 1.165) is 14.4 Å². The van der Waals surface area contributed by atoms with E-state index < -0.39 is 0 Å². The first-order chi connectivity index (χ1) is 6.11. The van der Waals surface area contributed by atoms with E-state index in [1.807, 2.05) is 14.0 Å². The smallest absolute Gasteiger partial charge is 0.340 e. The summed E-state index contributed by atoms with van der Waals surface area (Å²) >= 11 is 4.82. The molecule has 0 saturated carbocycles. The van der Waals surface area contributed by atoms with Gasteiger partial charge in [-0.25, -0.2) is 4.79 Å². The summed E-state index contributed by atoms with van der Waals surface area (Å²) in [5.41, 5.74) is 1.53. The van der Waals surface area contributed by atoms with Crippen LogP contribution in [0.4, 0.5) is 5.00 Å². The minimum absolute atomic E-state index is 0.304. The molecule has 0 bridgehead atoms. The van der Waals surface area contributed by atoms with Gasteiger partial charge in [0.15, 0.2) is 0 Å². The van der Waals surface area contributed by atoms with E-state index in [2.05, 4.69) is 26.0 Å². The van der Waals surface area contributed by atoms with Crippen LogP contribution >= 0.6 is 27.3 Å². The first kappa shape index (κ1) is 10.5. The van der Waals surface area contributed by atoms with E-state index in [1.165, 1.54) is 18.4 Å². The van der Waals surface area contributed by atoms with Gasteiger partial charge in [-0.2, -0.15) is 0 Å². The summed E-state index contributed by atoms with van der Waals surface area (Å²) < 4.78 is 5.47. The van der Waals surface area contributed by atoms with Crippen molar-refractivity contribution in [3.8, 4) is 0 Å². The van der Waals surface area contributed by atoms with E-state index in [1.54, 1.807) is 0 Å². The van der Waals surface area contributed by atoms with Crippen LogP contribution < -0.4 is 5.32 Å². The van der Waals surface area contributed by atoms with E-state index >= 15 is 0 Å². The number of anilines is 1. The fraction of sp³-hybridized carbons (Fsp3) is 0.375. The number of rotatable bonds is 2. The first-order valence-electron chi connectivity index (χ1n) is 3.66. The molecule has 0 aromatic carbocycles. The quantitative estimate of drug-likeness (QED) is 0.834. The molecule has 0 spiro atoms. The second kappa shape index (κ2) is 4.11. The number of halogens is 1. The van der Waals surface area contributed by atoms with Crippen LogP contribution in [0, 0.1) is 6.92 Å². The van der Waals surface area contributed by atoms with Crippen molar-refractivity contribution in [2.24, 2.45) is 0 Å². The van der Waals surface area contributed by atoms with Crippen molar-refractivity contribution < 1.29 is 9.53 Å². The zero-order valence-corrected chi connectivity index (χ0v) is 10.0. The summed E-state index contributed by atoms with van der Waals surface area (Å²) in [6.45, 7) is 1.89. The fourth-order valence-corrected chi connectivity index (χ4v) is 2.87. The summed E-state index contributed by atoms with van der Waals surface area (Å²) in [5.74, 6) is -0.304. The number of carbonyl (C=O) groups excluding carboxylic acids is 1. The summed E-state index contributed by atoms with van der Waals surface area (Å²) in [5, 5.41) is 4.00. The van der Waals surface area contributed by atoms with E-state index in [4.69, 9.17) is 0 Å². The van der Waals surface area contributed by atoms with Gasteiger partial charge in [0.25, 0.3) is 0 Å². The molecule has 0 atom stereocenters. The number of thiophene rings is 1. The van der Waals surface area contributed by atoms with Gasteiger partial charge in [-0.1, -0.05) is 0 Å². The molecule has 0 saturated heterocycles. The average molecular weight is 264 g/mol. The summed E-state index contributed by atoms with van der Waals surface area (Å²) in [6.07, 6.45) is 0. The molecule has 1 heterocycles. The molecule has 0 aliphatic carbocycles. The molecular formula is C8H10BrNO2S. The Hall–Kier alpha value is -0.550. The Kier molecular flexibility index (Phi) is 3.33. The van der Waals surface area contributed by atoms with Crippen molar-refractivity contribution in [2.45, 2.75) is 6.92 Å². The Bertz CT molecular complexity index is 335. The molecule has 1 N–H and O–H groups in total. The normalized spacial score (nSPS) is 9.85. The van der Waals surface area contributed by atoms with Gasteiger partial charge in [0.1, 0.15) is 0 Å². The van der Waals surface area contributed by atoms with Gasteiger partial charge in [-0.05, 0) is 28.4 Å². The number of carbonyl (C=O) groups is 1. The molecule has 1 aromatic heterocycles. The first-order valence-corrected chi connectivity index (χ1v) is 5.27. The number of esters is 1. The van der Waals surface area contributed by atoms with Crippen LogP contribution in [0.2, 0.25) is 0 Å². The molecule has 1 aromatic rings. The number of hydrogen-bond acceptors (Lipinski definition) is 4. The summed E-state index contributed by atoms with van der Waals surface area (Å²) in [7, 11) is 3.21. The highest BCUT2D eigenvalue weighted by Crippen LogP contribution is 2.36. The van der Waals surface area contributed by atoms with Gasteiger partial charge >= 0.3 is 5.97 Å². The van der Waals surface area contributed by atoms with Crippen LogP contribution in [-0.4, -0.2) is 20.1 Å². The molecule has 1 rings (SSSR count). The molecule has 0 unspecified atom stereocenters. The minimum Gasteiger partial charge on any atom is -0.465 e. The Balaban J connectivity index is 3.20. The second-order valence-corrected chi connectivity index (χ2v) is 4.78. The number of ether oxygens (including phenoxy) is 1. The fourth-order valence-electron chi connectivity index (χ4n) is 1.05. The van der Waals surface area contributed by atoms with Gasteiger partial charge in [-0.15, -0.1) is 11.3 Å². The Morgan fingerprint density at radius 3 is 2.62 bits per heavy atom. The maximum absolute atomic E-state index is 11.3. The predicted octanol–water partition coefficient (Wildman–Crippen LogP) is 2.65. The number of methoxy groups -OCH3 is 1. The number of hydrogen-bond donors (Lipinski definition) is 1. The third-order valence-corrected chi connectivity index (χ3v) is 3.70. The topological polar surface area (TPSA) is 38.3 Å². The molecule has 0 amide bonds. The van der Waals surface area contributed by atoms with Crippen LogP contribution in [0.1, 0.15) is 15.9 Å². The third kappa shape index (κ3) is 1.86. The average Bonchev–Trinajstić information content (AvgIpc) is 2.40. The van der Waals surface area contributed by atoms with Crippen molar-refractivity contribution in [2.75, 3.05) is 19.5 Å². The lowest BCUT2D eigenvalue weighted by atomic mass is 10.2. The van der Waals surface area contributed by atoms with E-state index in [0.29, 0.717) is 5.56 Å². The summed E-state index contributed by atoms with van der Waals surface area (Å²) in [6, 6.07) is 0. The van der Waals surface area contributed by atoms with Crippen LogP contribution in [0.5, 0.6) is 0 Å². The van der Waals surface area contributed by atoms with Crippen LogP contribution in [0.25, 0.3) is 0 Å². The lowest BCUT2D eigenvalue weighted by Gasteiger charge is -1.99. The highest BCUT2D eigenvalue weighted by Gasteiger charge is 2.19. The van der Waals surface area contributed by atoms with Gasteiger partial charge in [0.2, 0.25) is 0 Å². The highest BCUT2D eigenvalue weighted by molar-refractivity contribution is 9.11. The van der Waals surface area contributed by atoms with Gasteiger partial charge in [-0.3, -0.25) is 0 Å². The van der Waals surface area contributed by atoms with Gasteiger partial charge in [0, 0.05) is 7.05 Å². The predicted molar refractivity (Wildman–Crippen MR) is 57.6 cm³/mol. The maximum atomic E-state index is 11.3. The standard InChI is InChI=1S/C8H10BrNO2S/c1-4-5(8(11)12-3)6(9)13-7(4)10-2/h10H,1-3H3. The molecule has 72 valence electrons. The SMILES string of the molecule is CNc1sc(Br)c(C(=O)OC)c1C. The third-order valence-electron chi connectivity index (χ3n) is 1.72. The van der Waals surface area contributed by atoms with Crippen molar-refractivity contribution in [3.05, 3.63) is 14.9 Å². The van der Waals surface area contributed by atoms with Crippen molar-refractivity contribution in [3.63, 3.8) is 0 Å². The van der Waals surface area contributed by atoms with Crippen molar-refractivity contribution in [1.82, 2.24) is 0 Å². The highest BCUT2D eigenvalue weighted by atomic mass is 79.9. The number of nitrogens with one attached hydrogen (secondary N) is 1. The largest absolute Gasteiger partial charge is 0.465 e. The lowest BCUT2D eigenvalue weighted by Crippen LogP contribution is -2.02. The molecule has 13 heavy (non-hydrogen) atoms. The maximum Gasteiger partial charge on any atom is 0.340 e. The van der Waals surface area contributed by atoms with E-state index in [9.17, 15) is 4.79 Å². The molecule has 0 aliphatic rings.